The maximum absolute atomic E-state index is 14.0. The van der Waals surface area contributed by atoms with Crippen molar-refractivity contribution in [2.24, 2.45) is 11.1 Å². The van der Waals surface area contributed by atoms with E-state index in [9.17, 15) is 30.4 Å². The monoisotopic (exact) mass is 420 g/mol. The molecule has 0 fully saturated rings. The van der Waals surface area contributed by atoms with Crippen LogP contribution in [0.15, 0.2) is 40.8 Å². The molecule has 1 unspecified atom stereocenters. The van der Waals surface area contributed by atoms with Gasteiger partial charge in [0.25, 0.3) is 6.43 Å². The van der Waals surface area contributed by atoms with Crippen LogP contribution in [0.5, 0.6) is 5.75 Å². The third-order valence-corrected chi connectivity index (χ3v) is 6.45. The summed E-state index contributed by atoms with van der Waals surface area (Å²) in [5.74, 6) is -1.68. The van der Waals surface area contributed by atoms with Crippen LogP contribution in [-0.4, -0.2) is 13.7 Å². The molecule has 1 aromatic carbocycles. The van der Waals surface area contributed by atoms with Gasteiger partial charge in [0.2, 0.25) is 9.84 Å². The first-order chi connectivity index (χ1) is 12.8. The molecule has 0 amide bonds. The first-order valence-electron chi connectivity index (χ1n) is 7.85. The number of benzene rings is 1. The Labute approximate surface area is 156 Å². The third kappa shape index (κ3) is 2.87. The van der Waals surface area contributed by atoms with Gasteiger partial charge in [-0.1, -0.05) is 0 Å². The van der Waals surface area contributed by atoms with E-state index in [-0.39, 0.29) is 12.2 Å². The summed E-state index contributed by atoms with van der Waals surface area (Å²) < 4.78 is 98.4. The fraction of sp³-hybridized carbons (Fsp3) is 0.353. The van der Waals surface area contributed by atoms with E-state index in [0.717, 1.165) is 18.2 Å². The molecule has 2 atom stereocenters. The van der Waals surface area contributed by atoms with Gasteiger partial charge >= 0.3 is 5.25 Å². The van der Waals surface area contributed by atoms with Crippen LogP contribution in [0, 0.1) is 16.7 Å². The van der Waals surface area contributed by atoms with Gasteiger partial charge in [-0.25, -0.2) is 21.6 Å². The maximum Gasteiger partial charge on any atom is 0.368 e. The number of halogens is 5. The number of ether oxygens (including phenoxy) is 1. The van der Waals surface area contributed by atoms with E-state index in [1.807, 2.05) is 6.07 Å². The average Bonchev–Trinajstić information content (AvgIpc) is 2.71. The average molecular weight is 420 g/mol. The van der Waals surface area contributed by atoms with Gasteiger partial charge in [-0.15, -0.1) is 0 Å². The Hall–Kier alpha value is -2.45. The highest BCUT2D eigenvalue weighted by molar-refractivity contribution is 7.92. The van der Waals surface area contributed by atoms with Crippen molar-refractivity contribution in [2.75, 3.05) is 0 Å². The predicted octanol–water partition coefficient (Wildman–Crippen LogP) is 4.05. The number of hydrogen-bond acceptors (Lipinski definition) is 5. The van der Waals surface area contributed by atoms with E-state index in [0.29, 0.717) is 6.07 Å². The molecule has 3 rings (SSSR count). The van der Waals surface area contributed by atoms with Crippen LogP contribution in [-0.2, 0) is 9.84 Å². The van der Waals surface area contributed by atoms with Crippen LogP contribution >= 0.6 is 0 Å². The molecule has 0 aromatic heterocycles. The summed E-state index contributed by atoms with van der Waals surface area (Å²) in [6.45, 7) is 1.39. The second kappa shape index (κ2) is 6.28. The Kier molecular flexibility index (Phi) is 4.55. The minimum Gasteiger partial charge on any atom is -0.461 e. The van der Waals surface area contributed by atoms with Gasteiger partial charge in [0, 0.05) is 18.1 Å². The number of fused-ring (bicyclic) bond motifs is 1. The second-order valence-corrected chi connectivity index (χ2v) is 8.67. The van der Waals surface area contributed by atoms with E-state index in [4.69, 9.17) is 15.7 Å². The minimum absolute atomic E-state index is 0.169. The Bertz CT molecular complexity index is 1060. The van der Waals surface area contributed by atoms with Crippen LogP contribution in [0.25, 0.3) is 0 Å². The van der Waals surface area contributed by atoms with Crippen LogP contribution < -0.4 is 10.5 Å². The van der Waals surface area contributed by atoms with E-state index >= 15 is 0 Å². The zero-order chi connectivity index (χ0) is 21.1. The third-order valence-electron chi connectivity index (χ3n) is 4.54. The van der Waals surface area contributed by atoms with Gasteiger partial charge in [-0.2, -0.15) is 14.0 Å². The maximum atomic E-state index is 14.0. The Balaban J connectivity index is 2.13. The molecule has 2 aliphatic rings. The number of allylic oxidation sites excluding steroid dienone is 4. The lowest BCUT2D eigenvalue weighted by molar-refractivity contribution is 0.0662. The molecule has 5 nitrogen and oxygen atoms in total. The van der Waals surface area contributed by atoms with Crippen LogP contribution in [0.4, 0.5) is 22.0 Å². The molecule has 1 heterocycles. The molecular weight excluding hydrogens is 407 g/mol. The lowest BCUT2D eigenvalue weighted by Gasteiger charge is -2.24. The van der Waals surface area contributed by atoms with Gasteiger partial charge in [-0.05, 0) is 25.1 Å². The summed E-state index contributed by atoms with van der Waals surface area (Å²) in [5.41, 5.74) is 1.93. The van der Waals surface area contributed by atoms with Crippen molar-refractivity contribution >= 4 is 9.84 Å². The first-order valence-corrected chi connectivity index (χ1v) is 9.33. The van der Waals surface area contributed by atoms with E-state index < -0.39 is 60.6 Å². The molecular formula is C17H13F5N2O3S. The van der Waals surface area contributed by atoms with Crippen molar-refractivity contribution < 1.29 is 35.1 Å². The van der Waals surface area contributed by atoms with Crippen molar-refractivity contribution in [1.29, 1.82) is 5.26 Å². The lowest BCUT2D eigenvalue weighted by atomic mass is 9.84. The Morgan fingerprint density at radius 2 is 2.00 bits per heavy atom. The summed E-state index contributed by atoms with van der Waals surface area (Å²) in [7, 11) is -5.24. The quantitative estimate of drug-likeness (QED) is 0.745. The zero-order valence-corrected chi connectivity index (χ0v) is 15.0. The zero-order valence-electron chi connectivity index (χ0n) is 14.2. The standard InChI is InChI=1S/C17H13F5N2O3S/c1-16(7-23)5-8(18)4-9(6-16)27-10-2-3-11-13(12(10)15(19)20)14(24)17(21,22)28(11,25)26/h2-5,14-15H,6,24H2,1H3/t14-,16?/m0/s1. The van der Waals surface area contributed by atoms with Gasteiger partial charge in [-0.3, -0.25) is 0 Å². The van der Waals surface area contributed by atoms with Gasteiger partial charge in [0.15, 0.2) is 0 Å². The number of hydrogen-bond donors (Lipinski definition) is 1. The molecule has 2 N–H and O–H groups in total. The summed E-state index contributed by atoms with van der Waals surface area (Å²) >= 11 is 0. The molecule has 0 saturated carbocycles. The highest BCUT2D eigenvalue weighted by Crippen LogP contribution is 2.52. The number of rotatable bonds is 3. The number of nitriles is 1. The highest BCUT2D eigenvalue weighted by Gasteiger charge is 2.60. The van der Waals surface area contributed by atoms with Crippen molar-refractivity contribution in [3.05, 3.63) is 47.0 Å². The molecule has 150 valence electrons. The molecule has 1 aliphatic carbocycles. The molecule has 11 heteroatoms. The number of alkyl halides is 4. The van der Waals surface area contributed by atoms with Crippen molar-refractivity contribution in [1.82, 2.24) is 0 Å². The topological polar surface area (TPSA) is 93.2 Å². The number of nitrogens with zero attached hydrogens (tertiary/aromatic N) is 1. The Morgan fingerprint density at radius 3 is 2.57 bits per heavy atom. The van der Waals surface area contributed by atoms with Crippen LogP contribution in [0.1, 0.15) is 36.9 Å². The van der Waals surface area contributed by atoms with Gasteiger partial charge < -0.3 is 10.5 Å². The smallest absolute Gasteiger partial charge is 0.368 e. The van der Waals surface area contributed by atoms with Crippen molar-refractivity contribution in [3.8, 4) is 11.8 Å². The summed E-state index contributed by atoms with van der Waals surface area (Å²) in [6, 6.07) is 0.822. The second-order valence-electron chi connectivity index (χ2n) is 6.68. The molecule has 0 saturated heterocycles. The van der Waals surface area contributed by atoms with Crippen LogP contribution in [0.3, 0.4) is 0 Å². The largest absolute Gasteiger partial charge is 0.461 e. The lowest BCUT2D eigenvalue weighted by Crippen LogP contribution is -2.34. The molecule has 1 aromatic rings. The first kappa shape index (κ1) is 20.3. The SMILES string of the molecule is CC1(C#N)C=C(F)C=C(Oc2ccc3c(c2C(F)F)[C@H](N)C(F)(F)S3(=O)=O)C1. The van der Waals surface area contributed by atoms with Crippen molar-refractivity contribution in [2.45, 2.75) is 36.0 Å². The molecule has 0 spiro atoms. The van der Waals surface area contributed by atoms with Crippen molar-refractivity contribution in [3.63, 3.8) is 0 Å². The van der Waals surface area contributed by atoms with Crippen LogP contribution in [0.2, 0.25) is 0 Å². The molecule has 28 heavy (non-hydrogen) atoms. The normalized spacial score (nSPS) is 27.6. The van der Waals surface area contributed by atoms with E-state index in [1.165, 1.54) is 6.92 Å². The number of sulfone groups is 1. The highest BCUT2D eigenvalue weighted by atomic mass is 32.2. The van der Waals surface area contributed by atoms with E-state index in [1.54, 1.807) is 0 Å². The Morgan fingerprint density at radius 1 is 1.36 bits per heavy atom. The summed E-state index contributed by atoms with van der Waals surface area (Å²) in [4.78, 5) is -1.00. The van der Waals surface area contributed by atoms with E-state index in [2.05, 4.69) is 0 Å². The molecule has 1 aliphatic heterocycles. The predicted molar refractivity (Wildman–Crippen MR) is 86.7 cm³/mol. The summed E-state index contributed by atoms with van der Waals surface area (Å²) in [6.07, 6.45) is -1.67. The van der Waals surface area contributed by atoms with Gasteiger partial charge in [0.1, 0.15) is 23.4 Å². The van der Waals surface area contributed by atoms with Gasteiger partial charge in [0.05, 0.1) is 21.9 Å². The minimum atomic E-state index is -5.24. The molecule has 0 bridgehead atoms. The fourth-order valence-electron chi connectivity index (χ4n) is 3.19. The summed E-state index contributed by atoms with van der Waals surface area (Å²) in [5, 5.41) is 4.68. The fourth-order valence-corrected chi connectivity index (χ4v) is 4.71. The number of nitrogens with two attached hydrogens (primary N) is 1. The molecule has 0 radical (unpaired) electrons.